The van der Waals surface area contributed by atoms with Crippen LogP contribution in [0.1, 0.15) is 17.3 Å². The van der Waals surface area contributed by atoms with Crippen LogP contribution in [0.5, 0.6) is 0 Å². The molecule has 70 valence electrons. The molecule has 0 bridgehead atoms. The van der Waals surface area contributed by atoms with E-state index in [0.717, 1.165) is 18.4 Å². The summed E-state index contributed by atoms with van der Waals surface area (Å²) in [4.78, 5) is 18.4. The van der Waals surface area contributed by atoms with Gasteiger partial charge < -0.3 is 9.90 Å². The normalized spacial score (nSPS) is 8.08. The maximum Gasteiger partial charge on any atom is 0.169 e. The summed E-state index contributed by atoms with van der Waals surface area (Å²) in [5.41, 5.74) is 0.727. The fourth-order valence-electron chi connectivity index (χ4n) is 0.758. The molecule has 0 aliphatic heterocycles. The molecule has 1 rings (SSSR count). The lowest BCUT2D eigenvalue weighted by atomic mass is 10.3. The van der Waals surface area contributed by atoms with Gasteiger partial charge in [0.15, 0.2) is 18.7 Å². The first-order chi connectivity index (χ1) is 6.28. The summed E-state index contributed by atoms with van der Waals surface area (Å²) < 4.78 is 2.01. The predicted octanol–water partition coefficient (Wildman–Crippen LogP) is -0.827. The highest BCUT2D eigenvalue weighted by Crippen LogP contribution is 1.87. The summed E-state index contributed by atoms with van der Waals surface area (Å²) in [5.74, 6) is 0. The molecule has 0 atom stereocenters. The Bertz CT molecular complexity index is 256. The second-order valence-electron chi connectivity index (χ2n) is 2.18. The molecule has 0 radical (unpaired) electrons. The van der Waals surface area contributed by atoms with Crippen molar-refractivity contribution < 1.29 is 19.3 Å². The van der Waals surface area contributed by atoms with Gasteiger partial charge >= 0.3 is 0 Å². The zero-order valence-electron chi connectivity index (χ0n) is 7.34. The first-order valence-electron chi connectivity index (χ1n) is 3.78. The minimum Gasteiger partial charge on any atom is -0.554 e. The van der Waals surface area contributed by atoms with E-state index in [9.17, 15) is 4.79 Å². The van der Waals surface area contributed by atoms with Crippen molar-refractivity contribution >= 4 is 12.8 Å². The highest BCUT2D eigenvalue weighted by atomic mass is 16.3. The van der Waals surface area contributed by atoms with Gasteiger partial charge in [-0.2, -0.15) is 0 Å². The van der Waals surface area contributed by atoms with Crippen molar-refractivity contribution in [2.24, 2.45) is 0 Å². The van der Waals surface area contributed by atoms with Gasteiger partial charge in [-0.25, -0.2) is 4.57 Å². The molecule has 4 heteroatoms. The van der Waals surface area contributed by atoms with Crippen LogP contribution in [0.15, 0.2) is 24.5 Å². The molecule has 1 aromatic rings. The van der Waals surface area contributed by atoms with Gasteiger partial charge in [0.05, 0.1) is 0 Å². The number of rotatable bonds is 2. The van der Waals surface area contributed by atoms with Gasteiger partial charge in [0, 0.05) is 24.2 Å². The Balaban J connectivity index is 0.000000424. The Labute approximate surface area is 76.4 Å². The summed E-state index contributed by atoms with van der Waals surface area (Å²) in [5, 5.41) is 8.25. The fraction of sp³-hybridized carbons (Fsp3) is 0.222. The first kappa shape index (κ1) is 11.3. The maximum absolute atomic E-state index is 10.2. The largest absolute Gasteiger partial charge is 0.554 e. The second-order valence-corrected chi connectivity index (χ2v) is 2.18. The van der Waals surface area contributed by atoms with E-state index in [4.69, 9.17) is 9.90 Å². The van der Waals surface area contributed by atoms with E-state index in [1.807, 2.05) is 17.0 Å². The van der Waals surface area contributed by atoms with Gasteiger partial charge in [0.25, 0.3) is 0 Å². The van der Waals surface area contributed by atoms with Crippen LogP contribution in [-0.2, 0) is 11.3 Å². The number of carboxylic acid groups (broad SMARTS) is 1. The molecule has 0 aliphatic carbocycles. The summed E-state index contributed by atoms with van der Waals surface area (Å²) >= 11 is 0. The standard InChI is InChI=1S/C8H10NO.CH2O2/c1-2-9-5-3-8(7-10)4-6-9;2-1-3/h3-7H,2H2,1H3;1H,(H,2,3)/q+1;/p-1. The fourth-order valence-corrected chi connectivity index (χ4v) is 0.758. The van der Waals surface area contributed by atoms with Crippen molar-refractivity contribution in [1.82, 2.24) is 0 Å². The Morgan fingerprint density at radius 2 is 1.85 bits per heavy atom. The number of pyridine rings is 1. The second kappa shape index (κ2) is 6.97. The third-order valence-electron chi connectivity index (χ3n) is 1.42. The zero-order chi connectivity index (χ0) is 10.1. The van der Waals surface area contributed by atoms with Crippen LogP contribution in [0.2, 0.25) is 0 Å². The van der Waals surface area contributed by atoms with E-state index in [0.29, 0.717) is 0 Å². The van der Waals surface area contributed by atoms with Crippen molar-refractivity contribution in [1.29, 1.82) is 0 Å². The minimum atomic E-state index is -0.500. The summed E-state index contributed by atoms with van der Waals surface area (Å²) in [6, 6.07) is 3.60. The van der Waals surface area contributed by atoms with Crippen molar-refractivity contribution in [2.75, 3.05) is 0 Å². The first-order valence-corrected chi connectivity index (χ1v) is 3.78. The molecule has 0 aromatic carbocycles. The van der Waals surface area contributed by atoms with E-state index in [-0.39, 0.29) is 0 Å². The Kier molecular flexibility index (Phi) is 6.05. The van der Waals surface area contributed by atoms with Crippen molar-refractivity contribution in [3.63, 3.8) is 0 Å². The summed E-state index contributed by atoms with van der Waals surface area (Å²) in [6.45, 7) is 2.50. The molecule has 0 spiro atoms. The van der Waals surface area contributed by atoms with Gasteiger partial charge in [-0.15, -0.1) is 0 Å². The summed E-state index contributed by atoms with van der Waals surface area (Å²) in [7, 11) is 0. The van der Waals surface area contributed by atoms with E-state index in [2.05, 4.69) is 6.92 Å². The molecule has 0 amide bonds. The SMILES string of the molecule is CC[n+]1ccc(C=O)cc1.O=C[O-]. The van der Waals surface area contributed by atoms with Crippen LogP contribution >= 0.6 is 0 Å². The molecular weight excluding hydrogens is 170 g/mol. The number of aromatic nitrogens is 1. The van der Waals surface area contributed by atoms with Crippen LogP contribution in [0.3, 0.4) is 0 Å². The molecular formula is C9H11NO3. The lowest BCUT2D eigenvalue weighted by Crippen LogP contribution is -2.30. The van der Waals surface area contributed by atoms with E-state index in [1.165, 1.54) is 0 Å². The van der Waals surface area contributed by atoms with Gasteiger partial charge in [-0.05, 0) is 6.92 Å². The molecule has 1 aromatic heterocycles. The van der Waals surface area contributed by atoms with Crippen molar-refractivity contribution in [3.05, 3.63) is 30.1 Å². The van der Waals surface area contributed by atoms with Crippen molar-refractivity contribution in [3.8, 4) is 0 Å². The van der Waals surface area contributed by atoms with Gasteiger partial charge in [0.1, 0.15) is 6.54 Å². The highest BCUT2D eigenvalue weighted by Gasteiger charge is 1.94. The number of hydrogen-bond acceptors (Lipinski definition) is 3. The average molecular weight is 181 g/mol. The molecule has 0 N–H and O–H groups in total. The van der Waals surface area contributed by atoms with Gasteiger partial charge in [-0.3, -0.25) is 4.79 Å². The molecule has 13 heavy (non-hydrogen) atoms. The Hall–Kier alpha value is -1.71. The topological polar surface area (TPSA) is 61.1 Å². The number of carbonyl (C=O) groups is 2. The number of hydrogen-bond donors (Lipinski definition) is 0. The van der Waals surface area contributed by atoms with E-state index < -0.39 is 6.47 Å². The minimum absolute atomic E-state index is 0.500. The van der Waals surface area contributed by atoms with Crippen LogP contribution in [0, 0.1) is 0 Å². The van der Waals surface area contributed by atoms with Crippen molar-refractivity contribution in [2.45, 2.75) is 13.5 Å². The monoisotopic (exact) mass is 181 g/mol. The zero-order valence-corrected chi connectivity index (χ0v) is 7.34. The maximum atomic E-state index is 10.2. The summed E-state index contributed by atoms with van der Waals surface area (Å²) in [6.07, 6.45) is 4.63. The lowest BCUT2D eigenvalue weighted by Gasteiger charge is -1.89. The molecule has 0 aliphatic rings. The molecule has 0 fully saturated rings. The van der Waals surface area contributed by atoms with Crippen LogP contribution in [0.4, 0.5) is 0 Å². The predicted molar refractivity (Wildman–Crippen MR) is 43.8 cm³/mol. The smallest absolute Gasteiger partial charge is 0.169 e. The van der Waals surface area contributed by atoms with E-state index >= 15 is 0 Å². The number of aryl methyl sites for hydroxylation is 1. The molecule has 0 unspecified atom stereocenters. The number of aldehydes is 1. The molecule has 0 saturated carbocycles. The van der Waals surface area contributed by atoms with Crippen LogP contribution in [-0.4, -0.2) is 12.8 Å². The van der Waals surface area contributed by atoms with Gasteiger partial charge in [0.2, 0.25) is 0 Å². The lowest BCUT2D eigenvalue weighted by molar-refractivity contribution is -0.693. The Morgan fingerprint density at radius 1 is 1.38 bits per heavy atom. The highest BCUT2D eigenvalue weighted by molar-refractivity contribution is 5.73. The van der Waals surface area contributed by atoms with Crippen LogP contribution < -0.4 is 9.67 Å². The Morgan fingerprint density at radius 3 is 2.15 bits per heavy atom. The van der Waals surface area contributed by atoms with Gasteiger partial charge in [-0.1, -0.05) is 0 Å². The third-order valence-corrected chi connectivity index (χ3v) is 1.42. The third kappa shape index (κ3) is 4.68. The van der Waals surface area contributed by atoms with Crippen LogP contribution in [0.25, 0.3) is 0 Å². The molecule has 4 nitrogen and oxygen atoms in total. The van der Waals surface area contributed by atoms with E-state index in [1.54, 1.807) is 12.1 Å². The number of carbonyl (C=O) groups excluding carboxylic acids is 2. The quantitative estimate of drug-likeness (QED) is 0.442. The number of nitrogens with zero attached hydrogens (tertiary/aromatic N) is 1. The molecule has 0 saturated heterocycles. The molecule has 1 heterocycles. The average Bonchev–Trinajstić information content (AvgIpc) is 2.19.